The summed E-state index contributed by atoms with van der Waals surface area (Å²) in [6.07, 6.45) is 0. The van der Waals surface area contributed by atoms with E-state index in [9.17, 15) is 4.39 Å². The zero-order chi connectivity index (χ0) is 16.4. The number of rotatable bonds is 3. The van der Waals surface area contributed by atoms with E-state index in [1.807, 2.05) is 24.3 Å². The van der Waals surface area contributed by atoms with Gasteiger partial charge in [-0.1, -0.05) is 0 Å². The Labute approximate surface area is 147 Å². The number of benzene rings is 3. The topological polar surface area (TPSA) is 0 Å². The van der Waals surface area contributed by atoms with E-state index >= 15 is 0 Å². The van der Waals surface area contributed by atoms with Crippen LogP contribution in [0.1, 0.15) is 0 Å². The zero-order valence-electron chi connectivity index (χ0n) is 12.9. The van der Waals surface area contributed by atoms with Crippen molar-refractivity contribution in [1.82, 2.24) is 0 Å². The van der Waals surface area contributed by atoms with Crippen LogP contribution < -0.4 is 0 Å². The fraction of sp³-hybridized carbons (Fsp3) is 0. The van der Waals surface area contributed by atoms with Crippen LogP contribution in [0, 0.1) is 5.82 Å². The molecule has 0 amide bonds. The van der Waals surface area contributed by atoms with Crippen molar-refractivity contribution in [3.8, 4) is 31.1 Å². The standard InChI is InChI=1S/C22H15FSe/c23-19-13-11-16(12-14-19)20-15-21(17-7-3-1-4-8-17)24-22(20)18-9-5-2-6-10-18/h1-15H. The molecule has 3 aromatic carbocycles. The van der Waals surface area contributed by atoms with Gasteiger partial charge in [0.05, 0.1) is 0 Å². The van der Waals surface area contributed by atoms with Crippen molar-refractivity contribution < 1.29 is 4.39 Å². The molecule has 0 saturated heterocycles. The van der Waals surface area contributed by atoms with E-state index in [4.69, 9.17) is 0 Å². The SMILES string of the molecule is Fc1ccc(-c2cc(-c3ccccc3)[se]c2-c2ccccc2)cc1. The number of hydrogen-bond acceptors (Lipinski definition) is 0. The van der Waals surface area contributed by atoms with Crippen LogP contribution in [0.15, 0.2) is 91.0 Å². The quantitative estimate of drug-likeness (QED) is 0.391. The Hall–Kier alpha value is -2.41. The molecular weight excluding hydrogens is 362 g/mol. The molecule has 0 spiro atoms. The maximum absolute atomic E-state index is 13.3. The average molecular weight is 377 g/mol. The molecule has 0 aliphatic carbocycles. The molecular formula is C22H15FSe. The third kappa shape index (κ3) is 2.99. The summed E-state index contributed by atoms with van der Waals surface area (Å²) >= 11 is 0.229. The summed E-state index contributed by atoms with van der Waals surface area (Å²) in [6, 6.07) is 30.1. The first kappa shape index (κ1) is 15.1. The van der Waals surface area contributed by atoms with E-state index in [1.54, 1.807) is 0 Å². The second kappa shape index (κ2) is 6.60. The fourth-order valence-corrected chi connectivity index (χ4v) is 5.28. The predicted octanol–water partition coefficient (Wildman–Crippen LogP) is 5.88. The molecule has 1 aromatic heterocycles. The minimum absolute atomic E-state index is 0.198. The first-order valence-corrected chi connectivity index (χ1v) is 9.53. The van der Waals surface area contributed by atoms with Crippen molar-refractivity contribution >= 4 is 14.5 Å². The van der Waals surface area contributed by atoms with E-state index in [0.29, 0.717) is 0 Å². The van der Waals surface area contributed by atoms with Crippen LogP contribution in [0.25, 0.3) is 31.1 Å². The van der Waals surface area contributed by atoms with Crippen molar-refractivity contribution in [3.63, 3.8) is 0 Å². The Morgan fingerprint density at radius 1 is 0.583 bits per heavy atom. The molecule has 24 heavy (non-hydrogen) atoms. The summed E-state index contributed by atoms with van der Waals surface area (Å²) in [5, 5.41) is 0. The van der Waals surface area contributed by atoms with E-state index in [-0.39, 0.29) is 20.3 Å². The molecule has 1 heterocycles. The molecule has 0 N–H and O–H groups in total. The van der Waals surface area contributed by atoms with E-state index in [2.05, 4.69) is 54.6 Å². The number of hydrogen-bond donors (Lipinski definition) is 0. The van der Waals surface area contributed by atoms with Crippen LogP contribution in [0.3, 0.4) is 0 Å². The molecule has 0 nitrogen and oxygen atoms in total. The summed E-state index contributed by atoms with van der Waals surface area (Å²) in [7, 11) is 0. The Kier molecular flexibility index (Phi) is 4.17. The summed E-state index contributed by atoms with van der Waals surface area (Å²) in [5.74, 6) is -0.198. The second-order valence-electron chi connectivity index (χ2n) is 5.59. The van der Waals surface area contributed by atoms with Crippen LogP contribution in [-0.4, -0.2) is 14.5 Å². The van der Waals surface area contributed by atoms with Gasteiger partial charge in [0.25, 0.3) is 0 Å². The molecule has 116 valence electrons. The van der Waals surface area contributed by atoms with Gasteiger partial charge in [0.15, 0.2) is 0 Å². The van der Waals surface area contributed by atoms with E-state index in [0.717, 1.165) is 5.56 Å². The van der Waals surface area contributed by atoms with Crippen LogP contribution in [0.2, 0.25) is 0 Å². The number of halogens is 1. The molecule has 0 radical (unpaired) electrons. The van der Waals surface area contributed by atoms with Gasteiger partial charge in [-0.2, -0.15) is 0 Å². The summed E-state index contributed by atoms with van der Waals surface area (Å²) < 4.78 is 16.0. The van der Waals surface area contributed by atoms with Crippen LogP contribution in [0.5, 0.6) is 0 Å². The molecule has 4 rings (SSSR count). The Balaban J connectivity index is 1.90. The normalized spacial score (nSPS) is 10.7. The molecule has 0 aliphatic rings. The summed E-state index contributed by atoms with van der Waals surface area (Å²) in [4.78, 5) is 0. The van der Waals surface area contributed by atoms with Crippen LogP contribution in [0.4, 0.5) is 4.39 Å². The van der Waals surface area contributed by atoms with E-state index < -0.39 is 0 Å². The van der Waals surface area contributed by atoms with Crippen molar-refractivity contribution in [2.24, 2.45) is 0 Å². The van der Waals surface area contributed by atoms with Crippen molar-refractivity contribution in [2.45, 2.75) is 0 Å². The van der Waals surface area contributed by atoms with Gasteiger partial charge in [-0.25, -0.2) is 0 Å². The second-order valence-corrected chi connectivity index (χ2v) is 7.80. The Morgan fingerprint density at radius 2 is 1.17 bits per heavy atom. The predicted molar refractivity (Wildman–Crippen MR) is 99.6 cm³/mol. The maximum atomic E-state index is 13.3. The third-order valence-corrected chi connectivity index (χ3v) is 6.57. The zero-order valence-corrected chi connectivity index (χ0v) is 14.7. The van der Waals surface area contributed by atoms with Gasteiger partial charge < -0.3 is 0 Å². The van der Waals surface area contributed by atoms with Crippen LogP contribution in [-0.2, 0) is 0 Å². The van der Waals surface area contributed by atoms with Crippen molar-refractivity contribution in [1.29, 1.82) is 0 Å². The van der Waals surface area contributed by atoms with Crippen molar-refractivity contribution in [2.75, 3.05) is 0 Å². The molecule has 0 bridgehead atoms. The Morgan fingerprint density at radius 3 is 1.79 bits per heavy atom. The van der Waals surface area contributed by atoms with E-state index in [1.165, 1.54) is 37.7 Å². The summed E-state index contributed by atoms with van der Waals surface area (Å²) in [5.41, 5.74) is 4.80. The fourth-order valence-electron chi connectivity index (χ4n) is 2.78. The molecule has 0 fully saturated rings. The average Bonchev–Trinajstić information content (AvgIpc) is 3.09. The first-order valence-electron chi connectivity index (χ1n) is 7.82. The molecule has 0 saturated carbocycles. The molecule has 2 heteroatoms. The molecule has 0 atom stereocenters. The third-order valence-electron chi connectivity index (χ3n) is 3.98. The molecule has 4 aromatic rings. The van der Waals surface area contributed by atoms with Crippen molar-refractivity contribution in [3.05, 3.63) is 96.8 Å². The van der Waals surface area contributed by atoms with Gasteiger partial charge in [-0.05, 0) is 0 Å². The Bertz CT molecular complexity index is 938. The van der Waals surface area contributed by atoms with Gasteiger partial charge in [0, 0.05) is 0 Å². The summed E-state index contributed by atoms with van der Waals surface area (Å²) in [6.45, 7) is 0. The van der Waals surface area contributed by atoms with Gasteiger partial charge in [-0.15, -0.1) is 0 Å². The molecule has 0 unspecified atom stereocenters. The first-order chi connectivity index (χ1) is 11.8. The minimum atomic E-state index is -0.198. The molecule has 0 aliphatic heterocycles. The van der Waals surface area contributed by atoms with Gasteiger partial charge >= 0.3 is 147 Å². The van der Waals surface area contributed by atoms with Crippen LogP contribution >= 0.6 is 0 Å². The van der Waals surface area contributed by atoms with Gasteiger partial charge in [-0.3, -0.25) is 0 Å². The van der Waals surface area contributed by atoms with Gasteiger partial charge in [0.2, 0.25) is 0 Å². The monoisotopic (exact) mass is 378 g/mol. The van der Waals surface area contributed by atoms with Gasteiger partial charge in [0.1, 0.15) is 0 Å².